The molecule has 0 aliphatic carbocycles. The Morgan fingerprint density at radius 2 is 2.04 bits per heavy atom. The number of hydrogen-bond donors (Lipinski definition) is 1. The number of pyridine rings is 1. The minimum absolute atomic E-state index is 0. The van der Waals surface area contributed by atoms with Crippen molar-refractivity contribution in [1.29, 1.82) is 0 Å². The third-order valence-electron chi connectivity index (χ3n) is 4.98. The van der Waals surface area contributed by atoms with Crippen LogP contribution in [-0.4, -0.2) is 30.3 Å². The van der Waals surface area contributed by atoms with Crippen molar-refractivity contribution in [3.63, 3.8) is 0 Å². The number of aromatic nitrogens is 1. The van der Waals surface area contributed by atoms with Crippen LogP contribution in [0.25, 0.3) is 0 Å². The minimum atomic E-state index is 0. The molecule has 2 aromatic rings. The van der Waals surface area contributed by atoms with Crippen LogP contribution >= 0.6 is 24.0 Å². The van der Waals surface area contributed by atoms with Gasteiger partial charge in [-0.3, -0.25) is 0 Å². The Balaban J connectivity index is 0.00000182. The van der Waals surface area contributed by atoms with Crippen molar-refractivity contribution in [2.45, 2.75) is 30.8 Å². The predicted molar refractivity (Wildman–Crippen MR) is 101 cm³/mol. The van der Waals surface area contributed by atoms with Gasteiger partial charge in [-0.25, -0.2) is 4.98 Å². The highest BCUT2D eigenvalue weighted by Gasteiger charge is 2.41. The second-order valence-corrected chi connectivity index (χ2v) is 7.07. The molecular formula is C19H22Cl2N2O2. The first-order valence-corrected chi connectivity index (χ1v) is 8.84. The van der Waals surface area contributed by atoms with E-state index in [2.05, 4.69) is 22.4 Å². The molecule has 2 aliphatic heterocycles. The van der Waals surface area contributed by atoms with E-state index in [0.717, 1.165) is 44.7 Å². The van der Waals surface area contributed by atoms with E-state index in [0.29, 0.717) is 16.8 Å². The summed E-state index contributed by atoms with van der Waals surface area (Å²) in [6, 6.07) is 11.8. The van der Waals surface area contributed by atoms with Gasteiger partial charge in [0.1, 0.15) is 5.75 Å². The highest BCUT2D eigenvalue weighted by atomic mass is 35.5. The van der Waals surface area contributed by atoms with Crippen LogP contribution in [-0.2, 0) is 4.74 Å². The molecular weight excluding hydrogens is 359 g/mol. The summed E-state index contributed by atoms with van der Waals surface area (Å²) in [5.74, 6) is 1.78. The molecule has 2 fully saturated rings. The molecule has 4 nitrogen and oxygen atoms in total. The van der Waals surface area contributed by atoms with Crippen molar-refractivity contribution in [3.05, 3.63) is 53.2 Å². The molecule has 0 saturated carbocycles. The summed E-state index contributed by atoms with van der Waals surface area (Å²) in [7, 11) is 0. The van der Waals surface area contributed by atoms with Gasteiger partial charge in [0.05, 0.1) is 17.2 Å². The molecule has 1 N–H and O–H groups in total. The summed E-state index contributed by atoms with van der Waals surface area (Å²) in [6.07, 6.45) is 4.90. The molecule has 134 valence electrons. The van der Waals surface area contributed by atoms with Crippen LogP contribution in [0.15, 0.2) is 42.6 Å². The topological polar surface area (TPSA) is 43.4 Å². The largest absolute Gasteiger partial charge is 0.439 e. The zero-order valence-corrected chi connectivity index (χ0v) is 15.5. The second-order valence-electron chi connectivity index (χ2n) is 6.63. The van der Waals surface area contributed by atoms with Gasteiger partial charge in [0.15, 0.2) is 0 Å². The highest BCUT2D eigenvalue weighted by Crippen LogP contribution is 2.42. The maximum Gasteiger partial charge on any atom is 0.219 e. The van der Waals surface area contributed by atoms with E-state index in [1.807, 2.05) is 12.1 Å². The summed E-state index contributed by atoms with van der Waals surface area (Å²) in [6.45, 7) is 2.90. The third kappa shape index (κ3) is 4.26. The van der Waals surface area contributed by atoms with Crippen LogP contribution < -0.4 is 10.1 Å². The van der Waals surface area contributed by atoms with Gasteiger partial charge in [0.2, 0.25) is 5.88 Å². The van der Waals surface area contributed by atoms with E-state index in [1.165, 1.54) is 5.56 Å². The highest BCUT2D eigenvalue weighted by molar-refractivity contribution is 6.30. The fourth-order valence-corrected chi connectivity index (χ4v) is 3.78. The average Bonchev–Trinajstić information content (AvgIpc) is 3.01. The molecule has 0 bridgehead atoms. The first-order valence-electron chi connectivity index (χ1n) is 8.47. The number of nitrogens with zero attached hydrogens (tertiary/aromatic N) is 1. The quantitative estimate of drug-likeness (QED) is 0.846. The molecule has 0 amide bonds. The summed E-state index contributed by atoms with van der Waals surface area (Å²) in [5.41, 5.74) is 1.35. The Bertz CT molecular complexity index is 703. The van der Waals surface area contributed by atoms with Crippen molar-refractivity contribution >= 4 is 24.0 Å². The first kappa shape index (κ1) is 18.5. The maximum atomic E-state index is 6.21. The smallest absolute Gasteiger partial charge is 0.219 e. The van der Waals surface area contributed by atoms with Crippen molar-refractivity contribution < 1.29 is 9.47 Å². The van der Waals surface area contributed by atoms with E-state index in [-0.39, 0.29) is 18.0 Å². The Morgan fingerprint density at radius 3 is 2.80 bits per heavy atom. The zero-order valence-electron chi connectivity index (χ0n) is 13.9. The van der Waals surface area contributed by atoms with Crippen molar-refractivity contribution in [3.8, 4) is 11.6 Å². The van der Waals surface area contributed by atoms with Crippen LogP contribution in [0.3, 0.4) is 0 Å². The van der Waals surface area contributed by atoms with Gasteiger partial charge < -0.3 is 14.8 Å². The lowest BCUT2D eigenvalue weighted by molar-refractivity contribution is -0.0193. The Morgan fingerprint density at radius 1 is 1.20 bits per heavy atom. The molecule has 1 atom stereocenters. The van der Waals surface area contributed by atoms with Gasteiger partial charge in [-0.1, -0.05) is 23.7 Å². The molecule has 4 rings (SSSR count). The van der Waals surface area contributed by atoms with Gasteiger partial charge in [0, 0.05) is 18.2 Å². The molecule has 1 aromatic heterocycles. The molecule has 0 unspecified atom stereocenters. The predicted octanol–water partition coefficient (Wildman–Crippen LogP) is 4.58. The molecule has 2 saturated heterocycles. The van der Waals surface area contributed by atoms with E-state index < -0.39 is 0 Å². The molecule has 0 radical (unpaired) electrons. The Hall–Kier alpha value is -1.33. The summed E-state index contributed by atoms with van der Waals surface area (Å²) in [4.78, 5) is 4.18. The van der Waals surface area contributed by atoms with Gasteiger partial charge in [-0.15, -0.1) is 12.4 Å². The Labute approximate surface area is 159 Å². The van der Waals surface area contributed by atoms with E-state index in [4.69, 9.17) is 21.1 Å². The number of halogens is 2. The van der Waals surface area contributed by atoms with Crippen molar-refractivity contribution in [2.75, 3.05) is 19.7 Å². The molecule has 2 aliphatic rings. The molecule has 25 heavy (non-hydrogen) atoms. The van der Waals surface area contributed by atoms with Gasteiger partial charge in [-0.05, 0) is 56.1 Å². The SMILES string of the molecule is Cl.Clc1ccc(Oc2cccc([C@@H]3COC4(CCNCC4)C3)c2)nc1. The number of hydrogen-bond acceptors (Lipinski definition) is 4. The molecule has 1 aromatic carbocycles. The van der Waals surface area contributed by atoms with E-state index in [9.17, 15) is 0 Å². The lowest BCUT2D eigenvalue weighted by atomic mass is 9.84. The third-order valence-corrected chi connectivity index (χ3v) is 5.20. The monoisotopic (exact) mass is 380 g/mol. The lowest BCUT2D eigenvalue weighted by Gasteiger charge is -2.33. The lowest BCUT2D eigenvalue weighted by Crippen LogP contribution is -2.41. The van der Waals surface area contributed by atoms with Crippen LogP contribution in [0.2, 0.25) is 5.02 Å². The number of benzene rings is 1. The van der Waals surface area contributed by atoms with Gasteiger partial charge in [0.25, 0.3) is 0 Å². The van der Waals surface area contributed by atoms with Crippen molar-refractivity contribution in [1.82, 2.24) is 10.3 Å². The van der Waals surface area contributed by atoms with Crippen LogP contribution in [0.4, 0.5) is 0 Å². The maximum absolute atomic E-state index is 6.21. The summed E-state index contributed by atoms with van der Waals surface area (Å²) in [5, 5.41) is 4.02. The second kappa shape index (κ2) is 7.92. The molecule has 3 heterocycles. The zero-order chi connectivity index (χ0) is 16.4. The van der Waals surface area contributed by atoms with Gasteiger partial charge in [-0.2, -0.15) is 0 Å². The fourth-order valence-electron chi connectivity index (χ4n) is 3.66. The van der Waals surface area contributed by atoms with Crippen molar-refractivity contribution in [2.24, 2.45) is 0 Å². The fraction of sp³-hybridized carbons (Fsp3) is 0.421. The Kier molecular flexibility index (Phi) is 5.85. The van der Waals surface area contributed by atoms with Gasteiger partial charge >= 0.3 is 0 Å². The standard InChI is InChI=1S/C19H21ClN2O2.ClH/c20-16-4-5-18(22-12-16)24-17-3-1-2-14(10-17)15-11-19(23-13-15)6-8-21-9-7-19;/h1-5,10,12,15,21H,6-9,11,13H2;1H/t15-;/m0./s1. The normalized spacial score (nSPS) is 21.7. The number of rotatable bonds is 3. The average molecular weight is 381 g/mol. The summed E-state index contributed by atoms with van der Waals surface area (Å²) < 4.78 is 12.1. The van der Waals surface area contributed by atoms with Crippen LogP contribution in [0, 0.1) is 0 Å². The van der Waals surface area contributed by atoms with E-state index in [1.54, 1.807) is 18.3 Å². The first-order chi connectivity index (χ1) is 11.7. The summed E-state index contributed by atoms with van der Waals surface area (Å²) >= 11 is 5.86. The van der Waals surface area contributed by atoms with Crippen LogP contribution in [0.1, 0.15) is 30.7 Å². The molecule has 1 spiro atoms. The number of nitrogens with one attached hydrogen (secondary N) is 1. The van der Waals surface area contributed by atoms with E-state index >= 15 is 0 Å². The number of ether oxygens (including phenoxy) is 2. The van der Waals surface area contributed by atoms with Crippen LogP contribution in [0.5, 0.6) is 11.6 Å². The molecule has 6 heteroatoms. The minimum Gasteiger partial charge on any atom is -0.439 e. The number of piperidine rings is 1.